The van der Waals surface area contributed by atoms with E-state index in [9.17, 15) is 0 Å². The molecule has 0 spiro atoms. The lowest BCUT2D eigenvalue weighted by Crippen LogP contribution is -2.24. The fourth-order valence-electron chi connectivity index (χ4n) is 2.27. The molecular weight excluding hydrogens is 266 g/mol. The summed E-state index contributed by atoms with van der Waals surface area (Å²) >= 11 is 0. The number of ether oxygens (including phenoxy) is 2. The quantitative estimate of drug-likeness (QED) is 0.851. The van der Waals surface area contributed by atoms with E-state index in [0.717, 1.165) is 30.2 Å². The number of nitrogens with zero attached hydrogens (tertiary/aromatic N) is 2. The van der Waals surface area contributed by atoms with Crippen molar-refractivity contribution in [2.45, 2.75) is 26.4 Å². The molecule has 0 saturated heterocycles. The van der Waals surface area contributed by atoms with E-state index in [2.05, 4.69) is 17.3 Å². The molecule has 0 aliphatic carbocycles. The van der Waals surface area contributed by atoms with Crippen molar-refractivity contribution < 1.29 is 9.47 Å². The SMILES string of the molecule is COc1ccc(C(C)NCCn2cc(C)cn2)c(OC)c1. The molecule has 1 heterocycles. The van der Waals surface area contributed by atoms with Crippen molar-refractivity contribution in [3.8, 4) is 11.5 Å². The third-order valence-corrected chi connectivity index (χ3v) is 3.46. The number of nitrogens with one attached hydrogen (secondary N) is 1. The van der Waals surface area contributed by atoms with Crippen LogP contribution in [-0.4, -0.2) is 30.5 Å². The third kappa shape index (κ3) is 3.98. The van der Waals surface area contributed by atoms with Gasteiger partial charge in [0, 0.05) is 30.4 Å². The first-order valence-corrected chi connectivity index (χ1v) is 7.08. The minimum atomic E-state index is 0.197. The standard InChI is InChI=1S/C16H23N3O2/c1-12-10-18-19(11-12)8-7-17-13(2)15-6-5-14(20-3)9-16(15)21-4/h5-6,9-11,13,17H,7-8H2,1-4H3. The summed E-state index contributed by atoms with van der Waals surface area (Å²) in [5, 5.41) is 7.76. The van der Waals surface area contributed by atoms with Crippen LogP contribution in [0.5, 0.6) is 11.5 Å². The highest BCUT2D eigenvalue weighted by Crippen LogP contribution is 2.29. The van der Waals surface area contributed by atoms with Gasteiger partial charge in [-0.3, -0.25) is 4.68 Å². The molecule has 0 aliphatic heterocycles. The van der Waals surface area contributed by atoms with Crippen LogP contribution in [0.25, 0.3) is 0 Å². The summed E-state index contributed by atoms with van der Waals surface area (Å²) in [6.45, 7) is 5.86. The van der Waals surface area contributed by atoms with Gasteiger partial charge in [-0.05, 0) is 25.5 Å². The van der Waals surface area contributed by atoms with E-state index in [1.165, 1.54) is 5.56 Å². The molecule has 0 amide bonds. The van der Waals surface area contributed by atoms with Gasteiger partial charge in [-0.15, -0.1) is 0 Å². The lowest BCUT2D eigenvalue weighted by molar-refractivity contribution is 0.385. The Bertz CT molecular complexity index is 581. The molecule has 2 aromatic rings. The number of aromatic nitrogens is 2. The van der Waals surface area contributed by atoms with Gasteiger partial charge in [0.1, 0.15) is 11.5 Å². The highest BCUT2D eigenvalue weighted by atomic mass is 16.5. The molecule has 0 saturated carbocycles. The summed E-state index contributed by atoms with van der Waals surface area (Å²) in [4.78, 5) is 0. The second kappa shape index (κ2) is 7.13. The highest BCUT2D eigenvalue weighted by molar-refractivity contribution is 5.42. The van der Waals surface area contributed by atoms with Crippen molar-refractivity contribution in [2.75, 3.05) is 20.8 Å². The summed E-state index contributed by atoms with van der Waals surface area (Å²) in [6, 6.07) is 6.09. The number of benzene rings is 1. The maximum atomic E-state index is 5.44. The normalized spacial score (nSPS) is 12.2. The molecule has 114 valence electrons. The molecule has 5 nitrogen and oxygen atoms in total. The van der Waals surface area contributed by atoms with Crippen LogP contribution in [0.3, 0.4) is 0 Å². The molecule has 0 radical (unpaired) electrons. The second-order valence-electron chi connectivity index (χ2n) is 5.06. The van der Waals surface area contributed by atoms with Crippen molar-refractivity contribution in [3.63, 3.8) is 0 Å². The first-order chi connectivity index (χ1) is 10.1. The predicted octanol–water partition coefficient (Wildman–Crippen LogP) is 2.56. The minimum absolute atomic E-state index is 0.197. The highest BCUT2D eigenvalue weighted by Gasteiger charge is 2.11. The van der Waals surface area contributed by atoms with Gasteiger partial charge in [0.25, 0.3) is 0 Å². The average Bonchev–Trinajstić information content (AvgIpc) is 2.91. The molecule has 0 bridgehead atoms. The first kappa shape index (κ1) is 15.4. The van der Waals surface area contributed by atoms with Crippen LogP contribution >= 0.6 is 0 Å². The van der Waals surface area contributed by atoms with Crippen LogP contribution in [0.1, 0.15) is 24.1 Å². The Morgan fingerprint density at radius 1 is 1.29 bits per heavy atom. The largest absolute Gasteiger partial charge is 0.497 e. The van der Waals surface area contributed by atoms with Crippen molar-refractivity contribution in [3.05, 3.63) is 41.7 Å². The van der Waals surface area contributed by atoms with Gasteiger partial charge in [-0.1, -0.05) is 6.07 Å². The van der Waals surface area contributed by atoms with E-state index in [-0.39, 0.29) is 6.04 Å². The zero-order chi connectivity index (χ0) is 15.2. The van der Waals surface area contributed by atoms with E-state index in [1.807, 2.05) is 42.2 Å². The van der Waals surface area contributed by atoms with Crippen molar-refractivity contribution in [1.29, 1.82) is 0 Å². The van der Waals surface area contributed by atoms with Crippen molar-refractivity contribution >= 4 is 0 Å². The second-order valence-corrected chi connectivity index (χ2v) is 5.06. The van der Waals surface area contributed by atoms with Crippen LogP contribution < -0.4 is 14.8 Å². The van der Waals surface area contributed by atoms with Crippen LogP contribution in [0, 0.1) is 6.92 Å². The van der Waals surface area contributed by atoms with Crippen molar-refractivity contribution in [1.82, 2.24) is 15.1 Å². The Balaban J connectivity index is 1.94. The maximum Gasteiger partial charge on any atom is 0.127 e. The first-order valence-electron chi connectivity index (χ1n) is 7.08. The van der Waals surface area contributed by atoms with E-state index in [4.69, 9.17) is 9.47 Å². The molecule has 1 N–H and O–H groups in total. The van der Waals surface area contributed by atoms with Crippen molar-refractivity contribution in [2.24, 2.45) is 0 Å². The Morgan fingerprint density at radius 3 is 2.71 bits per heavy atom. The van der Waals surface area contributed by atoms with E-state index in [0.29, 0.717) is 0 Å². The van der Waals surface area contributed by atoms with Gasteiger partial charge >= 0.3 is 0 Å². The van der Waals surface area contributed by atoms with Gasteiger partial charge in [0.2, 0.25) is 0 Å². The number of hydrogen-bond donors (Lipinski definition) is 1. The van der Waals surface area contributed by atoms with Gasteiger partial charge in [-0.2, -0.15) is 5.10 Å². The van der Waals surface area contributed by atoms with E-state index in [1.54, 1.807) is 14.2 Å². The lowest BCUT2D eigenvalue weighted by Gasteiger charge is -2.18. The number of rotatable bonds is 7. The molecule has 1 atom stereocenters. The Morgan fingerprint density at radius 2 is 2.10 bits per heavy atom. The fraction of sp³-hybridized carbons (Fsp3) is 0.438. The fourth-order valence-corrected chi connectivity index (χ4v) is 2.27. The molecule has 1 aromatic heterocycles. The Kier molecular flexibility index (Phi) is 5.22. The van der Waals surface area contributed by atoms with Gasteiger partial charge < -0.3 is 14.8 Å². The van der Waals surface area contributed by atoms with Gasteiger partial charge in [0.15, 0.2) is 0 Å². The van der Waals surface area contributed by atoms with E-state index >= 15 is 0 Å². The third-order valence-electron chi connectivity index (χ3n) is 3.46. The average molecular weight is 289 g/mol. The summed E-state index contributed by atoms with van der Waals surface area (Å²) in [7, 11) is 3.33. The predicted molar refractivity (Wildman–Crippen MR) is 82.9 cm³/mol. The Hall–Kier alpha value is -2.01. The Labute approximate surface area is 125 Å². The van der Waals surface area contributed by atoms with Crippen LogP contribution in [0.2, 0.25) is 0 Å². The smallest absolute Gasteiger partial charge is 0.127 e. The topological polar surface area (TPSA) is 48.3 Å². The lowest BCUT2D eigenvalue weighted by atomic mass is 10.1. The zero-order valence-corrected chi connectivity index (χ0v) is 13.1. The summed E-state index contributed by atoms with van der Waals surface area (Å²) in [6.07, 6.45) is 3.91. The number of hydrogen-bond acceptors (Lipinski definition) is 4. The number of aryl methyl sites for hydroxylation is 1. The summed E-state index contributed by atoms with van der Waals surface area (Å²) in [5.41, 5.74) is 2.30. The van der Waals surface area contributed by atoms with Crippen LogP contribution in [0.15, 0.2) is 30.6 Å². The molecule has 5 heteroatoms. The minimum Gasteiger partial charge on any atom is -0.497 e. The number of methoxy groups -OCH3 is 2. The zero-order valence-electron chi connectivity index (χ0n) is 13.1. The molecule has 0 aliphatic rings. The molecule has 2 rings (SSSR count). The molecule has 1 unspecified atom stereocenters. The monoisotopic (exact) mass is 289 g/mol. The summed E-state index contributed by atoms with van der Waals surface area (Å²) < 4.78 is 12.6. The van der Waals surface area contributed by atoms with Gasteiger partial charge in [-0.25, -0.2) is 0 Å². The van der Waals surface area contributed by atoms with Crippen LogP contribution in [0.4, 0.5) is 0 Å². The summed E-state index contributed by atoms with van der Waals surface area (Å²) in [5.74, 6) is 1.64. The molecule has 21 heavy (non-hydrogen) atoms. The molecule has 0 fully saturated rings. The van der Waals surface area contributed by atoms with Crippen LogP contribution in [-0.2, 0) is 6.54 Å². The molecule has 1 aromatic carbocycles. The maximum absolute atomic E-state index is 5.44. The van der Waals surface area contributed by atoms with E-state index < -0.39 is 0 Å². The molecular formula is C16H23N3O2. The van der Waals surface area contributed by atoms with Gasteiger partial charge in [0.05, 0.1) is 27.0 Å².